The third kappa shape index (κ3) is 3.52. The van der Waals surface area contributed by atoms with E-state index in [1.807, 2.05) is 12.1 Å². The Balaban J connectivity index is 2.15. The lowest BCUT2D eigenvalue weighted by molar-refractivity contribution is 0.197. The van der Waals surface area contributed by atoms with E-state index in [9.17, 15) is 0 Å². The van der Waals surface area contributed by atoms with Crippen molar-refractivity contribution in [3.8, 4) is 0 Å². The molecule has 0 saturated heterocycles. The first-order valence-corrected chi connectivity index (χ1v) is 7.89. The molecule has 1 saturated carbocycles. The van der Waals surface area contributed by atoms with Gasteiger partial charge in [-0.05, 0) is 48.8 Å². The summed E-state index contributed by atoms with van der Waals surface area (Å²) < 4.78 is 0. The van der Waals surface area contributed by atoms with Crippen LogP contribution < -0.4 is 5.32 Å². The van der Waals surface area contributed by atoms with Crippen LogP contribution in [0.15, 0.2) is 24.3 Å². The second-order valence-electron chi connectivity index (χ2n) is 6.45. The lowest BCUT2D eigenvalue weighted by Gasteiger charge is -2.35. The minimum atomic E-state index is 0.452. The van der Waals surface area contributed by atoms with Crippen LogP contribution in [0.1, 0.15) is 45.6 Å². The minimum Gasteiger partial charge on any atom is -0.314 e. The first kappa shape index (κ1) is 14.9. The lowest BCUT2D eigenvalue weighted by Crippen LogP contribution is -2.42. The van der Waals surface area contributed by atoms with Crippen molar-refractivity contribution < 1.29 is 0 Å². The van der Waals surface area contributed by atoms with Crippen LogP contribution in [0.5, 0.6) is 0 Å². The van der Waals surface area contributed by atoms with Crippen molar-refractivity contribution in [2.45, 2.75) is 52.5 Å². The minimum absolute atomic E-state index is 0.452. The zero-order chi connectivity index (χ0) is 13.9. The van der Waals surface area contributed by atoms with Crippen LogP contribution in [0, 0.1) is 11.3 Å². The van der Waals surface area contributed by atoms with Crippen molar-refractivity contribution >= 4 is 11.6 Å². The van der Waals surface area contributed by atoms with Gasteiger partial charge in [0.15, 0.2) is 0 Å². The number of likely N-dealkylation sites (N-methyl/N-ethyl adjacent to an activating group) is 1. The highest BCUT2D eigenvalue weighted by Gasteiger charge is 2.39. The van der Waals surface area contributed by atoms with E-state index < -0.39 is 0 Å². The SMILES string of the molecule is CCNC(Cc1ccccc1Cl)C1CCCC1(C)C. The molecular formula is C17H26ClN. The summed E-state index contributed by atoms with van der Waals surface area (Å²) in [6.45, 7) is 8.06. The van der Waals surface area contributed by atoms with E-state index in [0.717, 1.165) is 23.9 Å². The summed E-state index contributed by atoms with van der Waals surface area (Å²) in [5.74, 6) is 0.753. The van der Waals surface area contributed by atoms with Gasteiger partial charge in [0.25, 0.3) is 0 Å². The Morgan fingerprint density at radius 3 is 2.68 bits per heavy atom. The van der Waals surface area contributed by atoms with Gasteiger partial charge in [0, 0.05) is 11.1 Å². The summed E-state index contributed by atoms with van der Waals surface area (Å²) in [6, 6.07) is 8.80. The molecule has 19 heavy (non-hydrogen) atoms. The van der Waals surface area contributed by atoms with E-state index in [-0.39, 0.29) is 0 Å². The highest BCUT2D eigenvalue weighted by atomic mass is 35.5. The molecule has 1 nitrogen and oxygen atoms in total. The number of hydrogen-bond donors (Lipinski definition) is 1. The van der Waals surface area contributed by atoms with Crippen molar-refractivity contribution in [3.63, 3.8) is 0 Å². The predicted octanol–water partition coefficient (Wildman–Crippen LogP) is 4.69. The largest absolute Gasteiger partial charge is 0.314 e. The number of benzene rings is 1. The molecule has 1 aromatic rings. The highest BCUT2D eigenvalue weighted by Crippen LogP contribution is 2.45. The van der Waals surface area contributed by atoms with Crippen molar-refractivity contribution in [2.24, 2.45) is 11.3 Å². The van der Waals surface area contributed by atoms with Gasteiger partial charge in [-0.2, -0.15) is 0 Å². The number of rotatable bonds is 5. The average molecular weight is 280 g/mol. The third-order valence-electron chi connectivity index (χ3n) is 4.69. The van der Waals surface area contributed by atoms with E-state index in [2.05, 4.69) is 38.2 Å². The molecule has 1 aromatic carbocycles. The molecule has 1 aliphatic carbocycles. The third-order valence-corrected chi connectivity index (χ3v) is 5.06. The second kappa shape index (κ2) is 6.28. The molecule has 1 N–H and O–H groups in total. The maximum Gasteiger partial charge on any atom is 0.0438 e. The molecule has 0 radical (unpaired) electrons. The fourth-order valence-corrected chi connectivity index (χ4v) is 3.83. The molecule has 0 heterocycles. The van der Waals surface area contributed by atoms with E-state index >= 15 is 0 Å². The summed E-state index contributed by atoms with van der Waals surface area (Å²) in [4.78, 5) is 0. The van der Waals surface area contributed by atoms with Crippen LogP contribution in [0.4, 0.5) is 0 Å². The first-order valence-electron chi connectivity index (χ1n) is 7.51. The summed E-state index contributed by atoms with van der Waals surface area (Å²) in [6.07, 6.45) is 5.10. The Kier molecular flexibility index (Phi) is 4.92. The van der Waals surface area contributed by atoms with Gasteiger partial charge in [-0.3, -0.25) is 0 Å². The Morgan fingerprint density at radius 2 is 2.11 bits per heavy atom. The monoisotopic (exact) mass is 279 g/mol. The normalized spacial score (nSPS) is 23.5. The van der Waals surface area contributed by atoms with Gasteiger partial charge in [0.05, 0.1) is 0 Å². The van der Waals surface area contributed by atoms with Crippen LogP contribution >= 0.6 is 11.6 Å². The topological polar surface area (TPSA) is 12.0 Å². The van der Waals surface area contributed by atoms with E-state index in [1.54, 1.807) is 0 Å². The maximum absolute atomic E-state index is 6.32. The molecule has 2 rings (SSSR count). The number of nitrogens with one attached hydrogen (secondary N) is 1. The van der Waals surface area contributed by atoms with Gasteiger partial charge in [0.2, 0.25) is 0 Å². The van der Waals surface area contributed by atoms with Gasteiger partial charge in [-0.1, -0.05) is 57.0 Å². The number of halogens is 1. The van der Waals surface area contributed by atoms with E-state index in [1.165, 1.54) is 24.8 Å². The summed E-state index contributed by atoms with van der Waals surface area (Å²) in [5, 5.41) is 4.60. The zero-order valence-electron chi connectivity index (χ0n) is 12.4. The number of hydrogen-bond acceptors (Lipinski definition) is 1. The fraction of sp³-hybridized carbons (Fsp3) is 0.647. The Labute approximate surface area is 122 Å². The highest BCUT2D eigenvalue weighted by molar-refractivity contribution is 6.31. The van der Waals surface area contributed by atoms with Crippen molar-refractivity contribution in [1.29, 1.82) is 0 Å². The maximum atomic E-state index is 6.32. The predicted molar refractivity (Wildman–Crippen MR) is 83.7 cm³/mol. The van der Waals surface area contributed by atoms with Gasteiger partial charge >= 0.3 is 0 Å². The molecule has 0 aliphatic heterocycles. The van der Waals surface area contributed by atoms with Gasteiger partial charge in [-0.25, -0.2) is 0 Å². The Morgan fingerprint density at radius 1 is 1.37 bits per heavy atom. The zero-order valence-corrected chi connectivity index (χ0v) is 13.1. The summed E-state index contributed by atoms with van der Waals surface area (Å²) in [5.41, 5.74) is 1.73. The van der Waals surface area contributed by atoms with E-state index in [0.29, 0.717) is 11.5 Å². The fourth-order valence-electron chi connectivity index (χ4n) is 3.62. The molecule has 2 atom stereocenters. The van der Waals surface area contributed by atoms with Gasteiger partial charge in [-0.15, -0.1) is 0 Å². The lowest BCUT2D eigenvalue weighted by atomic mass is 9.76. The smallest absolute Gasteiger partial charge is 0.0438 e. The van der Waals surface area contributed by atoms with Crippen LogP contribution in [-0.2, 0) is 6.42 Å². The molecule has 106 valence electrons. The molecule has 0 amide bonds. The summed E-state index contributed by atoms with van der Waals surface area (Å²) in [7, 11) is 0. The van der Waals surface area contributed by atoms with Gasteiger partial charge in [0.1, 0.15) is 0 Å². The molecule has 0 spiro atoms. The van der Waals surface area contributed by atoms with Crippen LogP contribution in [0.2, 0.25) is 5.02 Å². The van der Waals surface area contributed by atoms with Crippen LogP contribution in [0.25, 0.3) is 0 Å². The van der Waals surface area contributed by atoms with Crippen molar-refractivity contribution in [3.05, 3.63) is 34.9 Å². The second-order valence-corrected chi connectivity index (χ2v) is 6.85. The Bertz CT molecular complexity index is 413. The Hall–Kier alpha value is -0.530. The van der Waals surface area contributed by atoms with Gasteiger partial charge < -0.3 is 5.32 Å². The van der Waals surface area contributed by atoms with Crippen molar-refractivity contribution in [1.82, 2.24) is 5.32 Å². The molecular weight excluding hydrogens is 254 g/mol. The summed E-state index contributed by atoms with van der Waals surface area (Å²) >= 11 is 6.32. The standard InChI is InChI=1S/C17H26ClN/c1-4-19-16(14-9-7-11-17(14,2)3)12-13-8-5-6-10-15(13)18/h5-6,8,10,14,16,19H,4,7,9,11-12H2,1-3H3. The first-order chi connectivity index (χ1) is 9.04. The van der Waals surface area contributed by atoms with Crippen molar-refractivity contribution in [2.75, 3.05) is 6.54 Å². The average Bonchev–Trinajstić information content (AvgIpc) is 2.71. The van der Waals surface area contributed by atoms with E-state index in [4.69, 9.17) is 11.6 Å². The molecule has 2 unspecified atom stereocenters. The molecule has 0 bridgehead atoms. The molecule has 0 aromatic heterocycles. The van der Waals surface area contributed by atoms with Crippen LogP contribution in [-0.4, -0.2) is 12.6 Å². The molecule has 1 fully saturated rings. The molecule has 1 aliphatic rings. The quantitative estimate of drug-likeness (QED) is 0.825. The molecule has 2 heteroatoms. The van der Waals surface area contributed by atoms with Crippen LogP contribution in [0.3, 0.4) is 0 Å².